The molecule has 0 bridgehead atoms. The highest BCUT2D eigenvalue weighted by atomic mass is 35.5. The molecule has 0 aliphatic rings. The van der Waals surface area contributed by atoms with E-state index in [2.05, 4.69) is 15.8 Å². The summed E-state index contributed by atoms with van der Waals surface area (Å²) in [7, 11) is 0. The molecule has 6 nitrogen and oxygen atoms in total. The lowest BCUT2D eigenvalue weighted by molar-refractivity contribution is -0.128. The van der Waals surface area contributed by atoms with Gasteiger partial charge in [-0.05, 0) is 24.1 Å². The van der Waals surface area contributed by atoms with Gasteiger partial charge in [-0.15, -0.1) is 0 Å². The molecule has 2 amide bonds. The van der Waals surface area contributed by atoms with Crippen LogP contribution in [0.4, 0.5) is 0 Å². The molecule has 2 rings (SSSR count). The summed E-state index contributed by atoms with van der Waals surface area (Å²) in [6.45, 7) is 0.714. The first kappa shape index (κ1) is 16.0. The van der Waals surface area contributed by atoms with Gasteiger partial charge in [-0.25, -0.2) is 4.98 Å². The van der Waals surface area contributed by atoms with E-state index in [-0.39, 0.29) is 18.2 Å². The molecule has 1 heterocycles. The molecule has 0 radical (unpaired) electrons. The third kappa shape index (κ3) is 5.57. The van der Waals surface area contributed by atoms with Crippen molar-refractivity contribution >= 4 is 23.4 Å². The fourth-order valence-corrected chi connectivity index (χ4v) is 2.00. The molecule has 1 aromatic carbocycles. The highest BCUT2D eigenvalue weighted by molar-refractivity contribution is 6.30. The van der Waals surface area contributed by atoms with Crippen LogP contribution < -0.4 is 10.9 Å². The zero-order valence-corrected chi connectivity index (χ0v) is 12.7. The molecule has 0 saturated heterocycles. The van der Waals surface area contributed by atoms with Crippen LogP contribution in [0.25, 0.3) is 0 Å². The van der Waals surface area contributed by atoms with Crippen molar-refractivity contribution in [2.45, 2.75) is 25.8 Å². The maximum Gasteiger partial charge on any atom is 0.242 e. The molecule has 0 spiro atoms. The number of rotatable bonds is 6. The zero-order valence-electron chi connectivity index (χ0n) is 12.0. The van der Waals surface area contributed by atoms with E-state index in [9.17, 15) is 9.59 Å². The Balaban J connectivity index is 1.63. The normalized spacial score (nSPS) is 10.2. The minimum atomic E-state index is -0.273. The number of imidazole rings is 1. The maximum absolute atomic E-state index is 11.7. The number of hydrogen-bond acceptors (Lipinski definition) is 3. The van der Waals surface area contributed by atoms with Crippen LogP contribution in [0.2, 0.25) is 5.02 Å². The van der Waals surface area contributed by atoms with Gasteiger partial charge in [0.1, 0.15) is 0 Å². The van der Waals surface area contributed by atoms with E-state index >= 15 is 0 Å². The number of aryl methyl sites for hydroxylation is 1. The minimum absolute atomic E-state index is 0.187. The molecule has 22 heavy (non-hydrogen) atoms. The number of nitrogens with zero attached hydrogens (tertiary/aromatic N) is 2. The molecular formula is C15H17ClN4O2. The summed E-state index contributed by atoms with van der Waals surface area (Å²) in [5, 5.41) is 0.621. The quantitative estimate of drug-likeness (QED) is 0.796. The fourth-order valence-electron chi connectivity index (χ4n) is 1.87. The van der Waals surface area contributed by atoms with Crippen molar-refractivity contribution in [1.82, 2.24) is 20.4 Å². The first-order chi connectivity index (χ1) is 10.6. The Labute approximate surface area is 133 Å². The van der Waals surface area contributed by atoms with Crippen LogP contribution >= 0.6 is 11.6 Å². The van der Waals surface area contributed by atoms with Crippen molar-refractivity contribution in [2.75, 3.05) is 0 Å². The van der Waals surface area contributed by atoms with Crippen LogP contribution in [0.1, 0.15) is 18.4 Å². The van der Waals surface area contributed by atoms with Gasteiger partial charge in [-0.2, -0.15) is 0 Å². The van der Waals surface area contributed by atoms with E-state index in [1.807, 2.05) is 10.8 Å². The molecule has 0 saturated carbocycles. The number of aromatic nitrogens is 2. The zero-order chi connectivity index (χ0) is 15.8. The van der Waals surface area contributed by atoms with Gasteiger partial charge in [0, 0.05) is 30.4 Å². The molecule has 0 unspecified atom stereocenters. The van der Waals surface area contributed by atoms with Crippen molar-refractivity contribution in [1.29, 1.82) is 0 Å². The van der Waals surface area contributed by atoms with E-state index in [1.165, 1.54) is 0 Å². The number of amides is 2. The van der Waals surface area contributed by atoms with Crippen molar-refractivity contribution in [3.05, 3.63) is 53.6 Å². The molecule has 2 aromatic rings. The second kappa shape index (κ2) is 8.19. The Hall–Kier alpha value is -2.34. The van der Waals surface area contributed by atoms with Gasteiger partial charge in [0.15, 0.2) is 0 Å². The summed E-state index contributed by atoms with van der Waals surface area (Å²) < 4.78 is 1.90. The Bertz CT molecular complexity index is 611. The summed E-state index contributed by atoms with van der Waals surface area (Å²) in [5.74, 6) is -0.491. The van der Waals surface area contributed by atoms with Crippen LogP contribution in [0.3, 0.4) is 0 Å². The summed E-state index contributed by atoms with van der Waals surface area (Å²) >= 11 is 5.77. The van der Waals surface area contributed by atoms with Gasteiger partial charge in [0.2, 0.25) is 11.8 Å². The molecule has 0 aliphatic heterocycles. The number of carbonyl (C=O) groups is 2. The molecular weight excluding hydrogens is 304 g/mol. The summed E-state index contributed by atoms with van der Waals surface area (Å²) in [6.07, 6.45) is 6.43. The summed E-state index contributed by atoms with van der Waals surface area (Å²) in [4.78, 5) is 27.2. The Morgan fingerprint density at radius 2 is 1.86 bits per heavy atom. The third-order valence-corrected chi connectivity index (χ3v) is 3.25. The monoisotopic (exact) mass is 320 g/mol. The van der Waals surface area contributed by atoms with Crippen LogP contribution in [0.15, 0.2) is 43.0 Å². The lowest BCUT2D eigenvalue weighted by Gasteiger charge is -2.07. The minimum Gasteiger partial charge on any atom is -0.337 e. The van der Waals surface area contributed by atoms with Gasteiger partial charge in [-0.1, -0.05) is 23.7 Å². The summed E-state index contributed by atoms with van der Waals surface area (Å²) in [6, 6.07) is 6.99. The Morgan fingerprint density at radius 3 is 2.55 bits per heavy atom. The molecule has 2 N–H and O–H groups in total. The first-order valence-corrected chi connectivity index (χ1v) is 7.29. The standard InChI is InChI=1S/C15H17ClN4O2/c16-13-5-3-12(4-6-13)10-15(22)19-18-14(21)2-1-8-20-9-7-17-11-20/h3-7,9,11H,1-2,8,10H2,(H,18,21)(H,19,22). The third-order valence-electron chi connectivity index (χ3n) is 3.00. The first-order valence-electron chi connectivity index (χ1n) is 6.91. The highest BCUT2D eigenvalue weighted by Gasteiger charge is 2.06. The van der Waals surface area contributed by atoms with Crippen LogP contribution in [0.5, 0.6) is 0 Å². The topological polar surface area (TPSA) is 76.0 Å². The fraction of sp³-hybridized carbons (Fsp3) is 0.267. The van der Waals surface area contributed by atoms with Crippen molar-refractivity contribution in [3.8, 4) is 0 Å². The SMILES string of the molecule is O=C(CCCn1ccnc1)NNC(=O)Cc1ccc(Cl)cc1. The average Bonchev–Trinajstić information content (AvgIpc) is 3.01. The maximum atomic E-state index is 11.7. The van der Waals surface area contributed by atoms with E-state index in [0.717, 1.165) is 5.56 Å². The van der Waals surface area contributed by atoms with Gasteiger partial charge in [0.05, 0.1) is 12.7 Å². The second-order valence-electron chi connectivity index (χ2n) is 4.80. The molecule has 0 fully saturated rings. The number of carbonyl (C=O) groups excluding carboxylic acids is 2. The van der Waals surface area contributed by atoms with E-state index < -0.39 is 0 Å². The van der Waals surface area contributed by atoms with Crippen molar-refractivity contribution in [2.24, 2.45) is 0 Å². The largest absolute Gasteiger partial charge is 0.337 e. The lowest BCUT2D eigenvalue weighted by Crippen LogP contribution is -2.42. The van der Waals surface area contributed by atoms with Crippen LogP contribution in [0, 0.1) is 0 Å². The van der Waals surface area contributed by atoms with E-state index in [4.69, 9.17) is 11.6 Å². The molecule has 7 heteroatoms. The number of halogens is 1. The smallest absolute Gasteiger partial charge is 0.242 e. The molecule has 0 atom stereocenters. The van der Waals surface area contributed by atoms with Crippen LogP contribution in [-0.2, 0) is 22.6 Å². The van der Waals surface area contributed by atoms with E-state index in [1.54, 1.807) is 36.8 Å². The number of hydrazine groups is 1. The average molecular weight is 321 g/mol. The predicted molar refractivity (Wildman–Crippen MR) is 82.9 cm³/mol. The van der Waals surface area contributed by atoms with Gasteiger partial charge in [0.25, 0.3) is 0 Å². The number of benzene rings is 1. The molecule has 0 aliphatic carbocycles. The Kier molecular flexibility index (Phi) is 5.97. The Morgan fingerprint density at radius 1 is 1.14 bits per heavy atom. The van der Waals surface area contributed by atoms with Gasteiger partial charge >= 0.3 is 0 Å². The second-order valence-corrected chi connectivity index (χ2v) is 5.24. The molecule has 1 aromatic heterocycles. The summed E-state index contributed by atoms with van der Waals surface area (Å²) in [5.41, 5.74) is 5.63. The van der Waals surface area contributed by atoms with Gasteiger partial charge < -0.3 is 4.57 Å². The van der Waals surface area contributed by atoms with E-state index in [0.29, 0.717) is 24.4 Å². The highest BCUT2D eigenvalue weighted by Crippen LogP contribution is 2.09. The molecule has 116 valence electrons. The predicted octanol–water partition coefficient (Wildman–Crippen LogP) is 1.71. The van der Waals surface area contributed by atoms with Crippen molar-refractivity contribution < 1.29 is 9.59 Å². The lowest BCUT2D eigenvalue weighted by atomic mass is 10.1. The van der Waals surface area contributed by atoms with Gasteiger partial charge in [-0.3, -0.25) is 20.4 Å². The van der Waals surface area contributed by atoms with Crippen LogP contribution in [-0.4, -0.2) is 21.4 Å². The van der Waals surface area contributed by atoms with Crippen molar-refractivity contribution in [3.63, 3.8) is 0 Å². The number of nitrogens with one attached hydrogen (secondary N) is 2. The number of hydrogen-bond donors (Lipinski definition) is 2.